The molecule has 0 aliphatic carbocycles. The van der Waals surface area contributed by atoms with Gasteiger partial charge in [0.25, 0.3) is 0 Å². The van der Waals surface area contributed by atoms with Crippen molar-refractivity contribution in [2.24, 2.45) is 0 Å². The molecule has 4 N–H and O–H groups in total. The molecular formula is C34H44NO12P. The van der Waals surface area contributed by atoms with Crippen LogP contribution >= 0.6 is 7.60 Å². The fourth-order valence-corrected chi connectivity index (χ4v) is 6.04. The second-order valence-electron chi connectivity index (χ2n) is 11.1. The Morgan fingerprint density at radius 1 is 0.854 bits per heavy atom. The maximum Gasteiger partial charge on any atom is 0.325 e. The predicted octanol–water partition coefficient (Wildman–Crippen LogP) is 2.83. The Hall–Kier alpha value is -3.36. The van der Waals surface area contributed by atoms with E-state index >= 15 is 0 Å². The number of aliphatic hydroxyl groups is 2. The summed E-state index contributed by atoms with van der Waals surface area (Å²) in [5.74, 6) is 0.914. The monoisotopic (exact) mass is 689 g/mol. The molecule has 3 aromatic rings. The van der Waals surface area contributed by atoms with Crippen molar-refractivity contribution in [1.29, 1.82) is 0 Å². The van der Waals surface area contributed by atoms with Gasteiger partial charge in [-0.25, -0.2) is 0 Å². The number of carbonyl (C=O) groups is 1. The molecule has 6 unspecified atom stereocenters. The van der Waals surface area contributed by atoms with Crippen LogP contribution in [-0.2, 0) is 38.4 Å². The van der Waals surface area contributed by atoms with Crippen LogP contribution in [0.3, 0.4) is 0 Å². The van der Waals surface area contributed by atoms with Gasteiger partial charge in [-0.1, -0.05) is 54.6 Å². The highest BCUT2D eigenvalue weighted by molar-refractivity contribution is 7.51. The minimum Gasteiger partial charge on any atom is -0.497 e. The summed E-state index contributed by atoms with van der Waals surface area (Å²) < 4.78 is 51.6. The number of nitrogens with one attached hydrogen (secondary N) is 1. The van der Waals surface area contributed by atoms with Gasteiger partial charge in [0.05, 0.1) is 47.3 Å². The summed E-state index contributed by atoms with van der Waals surface area (Å²) in [6, 6.07) is 23.8. The molecule has 1 fully saturated rings. The number of methoxy groups -OCH3 is 2. The van der Waals surface area contributed by atoms with Gasteiger partial charge in [-0.15, -0.1) is 0 Å². The van der Waals surface area contributed by atoms with Crippen LogP contribution in [0.25, 0.3) is 0 Å². The Morgan fingerprint density at radius 3 is 1.90 bits per heavy atom. The SMILES string of the molecule is COc1ccc(C(OCCOC2OC(CO)C(OCCOP(C)(=O)O)C(O)C2NC(C)=O)(c2ccccc2)c2ccc(OC)cc2)cc1. The average Bonchev–Trinajstić information content (AvgIpc) is 3.08. The molecule has 4 rings (SSSR count). The quantitative estimate of drug-likeness (QED) is 0.0930. The van der Waals surface area contributed by atoms with E-state index in [1.807, 2.05) is 78.9 Å². The number of rotatable bonds is 17. The van der Waals surface area contributed by atoms with Crippen molar-refractivity contribution in [2.45, 2.75) is 43.2 Å². The lowest BCUT2D eigenvalue weighted by Gasteiger charge is -2.44. The van der Waals surface area contributed by atoms with Crippen LogP contribution in [-0.4, -0.2) is 106 Å². The van der Waals surface area contributed by atoms with Crippen molar-refractivity contribution in [2.75, 3.05) is 53.9 Å². The second-order valence-corrected chi connectivity index (χ2v) is 13.0. The summed E-state index contributed by atoms with van der Waals surface area (Å²) >= 11 is 0. The minimum atomic E-state index is -3.73. The molecular weight excluding hydrogens is 645 g/mol. The van der Waals surface area contributed by atoms with E-state index in [2.05, 4.69) is 5.32 Å². The summed E-state index contributed by atoms with van der Waals surface area (Å²) in [5, 5.41) is 23.9. The number of hydrogen-bond acceptors (Lipinski definition) is 11. The van der Waals surface area contributed by atoms with E-state index in [9.17, 15) is 24.5 Å². The van der Waals surface area contributed by atoms with E-state index in [1.165, 1.54) is 6.92 Å². The Kier molecular flexibility index (Phi) is 13.5. The molecule has 0 saturated carbocycles. The molecule has 14 heteroatoms. The highest BCUT2D eigenvalue weighted by atomic mass is 31.2. The van der Waals surface area contributed by atoms with Crippen molar-refractivity contribution < 1.29 is 57.4 Å². The predicted molar refractivity (Wildman–Crippen MR) is 175 cm³/mol. The molecule has 48 heavy (non-hydrogen) atoms. The number of amides is 1. The molecule has 0 spiro atoms. The molecule has 0 radical (unpaired) electrons. The lowest BCUT2D eigenvalue weighted by atomic mass is 9.80. The van der Waals surface area contributed by atoms with E-state index in [-0.39, 0.29) is 26.4 Å². The third-order valence-electron chi connectivity index (χ3n) is 7.80. The Balaban J connectivity index is 1.57. The zero-order valence-corrected chi connectivity index (χ0v) is 28.3. The van der Waals surface area contributed by atoms with E-state index < -0.39 is 56.4 Å². The fourth-order valence-electron chi connectivity index (χ4n) is 5.63. The molecule has 6 atom stereocenters. The first-order valence-corrected chi connectivity index (χ1v) is 17.4. The van der Waals surface area contributed by atoms with E-state index in [1.54, 1.807) is 14.2 Å². The first-order valence-electron chi connectivity index (χ1n) is 15.4. The maximum atomic E-state index is 12.1. The van der Waals surface area contributed by atoms with Crippen molar-refractivity contribution in [1.82, 2.24) is 5.32 Å². The van der Waals surface area contributed by atoms with E-state index in [0.717, 1.165) is 23.4 Å². The molecule has 1 saturated heterocycles. The van der Waals surface area contributed by atoms with Gasteiger partial charge < -0.3 is 53.4 Å². The summed E-state index contributed by atoms with van der Waals surface area (Å²) in [6.07, 6.45) is -4.68. The maximum absolute atomic E-state index is 12.1. The highest BCUT2D eigenvalue weighted by Crippen LogP contribution is 2.42. The highest BCUT2D eigenvalue weighted by Gasteiger charge is 2.47. The summed E-state index contributed by atoms with van der Waals surface area (Å²) in [4.78, 5) is 21.5. The van der Waals surface area contributed by atoms with Gasteiger partial charge in [0, 0.05) is 13.6 Å². The normalized spacial score (nSPS) is 22.4. The van der Waals surface area contributed by atoms with Crippen LogP contribution in [0, 0.1) is 0 Å². The molecule has 3 aromatic carbocycles. The van der Waals surface area contributed by atoms with Gasteiger partial charge in [0.2, 0.25) is 5.91 Å². The summed E-state index contributed by atoms with van der Waals surface area (Å²) in [5.41, 5.74) is 1.40. The zero-order chi connectivity index (χ0) is 34.7. The first kappa shape index (κ1) is 37.5. The molecule has 13 nitrogen and oxygen atoms in total. The second kappa shape index (κ2) is 17.3. The van der Waals surface area contributed by atoms with Gasteiger partial charge >= 0.3 is 7.60 Å². The van der Waals surface area contributed by atoms with Crippen LogP contribution in [0.2, 0.25) is 0 Å². The van der Waals surface area contributed by atoms with Crippen LogP contribution in [0.1, 0.15) is 23.6 Å². The third-order valence-corrected chi connectivity index (χ3v) is 8.47. The zero-order valence-electron chi connectivity index (χ0n) is 27.4. The number of benzene rings is 3. The van der Waals surface area contributed by atoms with Gasteiger partial charge in [-0.3, -0.25) is 9.36 Å². The Bertz CT molecular complexity index is 1420. The van der Waals surface area contributed by atoms with Crippen LogP contribution < -0.4 is 14.8 Å². The molecule has 0 bridgehead atoms. The molecule has 262 valence electrons. The van der Waals surface area contributed by atoms with Crippen molar-refractivity contribution in [3.8, 4) is 11.5 Å². The molecule has 1 aliphatic rings. The smallest absolute Gasteiger partial charge is 0.325 e. The Labute approximate surface area is 280 Å². The lowest BCUT2D eigenvalue weighted by molar-refractivity contribution is -0.281. The van der Waals surface area contributed by atoms with Crippen LogP contribution in [0.4, 0.5) is 0 Å². The van der Waals surface area contributed by atoms with E-state index in [0.29, 0.717) is 11.5 Å². The molecule has 1 amide bonds. The topological polar surface area (TPSA) is 171 Å². The fraction of sp³-hybridized carbons (Fsp3) is 0.441. The minimum absolute atomic E-state index is 0.0336. The molecule has 1 aliphatic heterocycles. The van der Waals surface area contributed by atoms with Gasteiger partial charge in [-0.2, -0.15) is 0 Å². The first-order chi connectivity index (χ1) is 23.0. The average molecular weight is 690 g/mol. The number of hydrogen-bond donors (Lipinski definition) is 4. The van der Waals surface area contributed by atoms with Crippen LogP contribution in [0.15, 0.2) is 78.9 Å². The third kappa shape index (κ3) is 9.41. The van der Waals surface area contributed by atoms with Crippen molar-refractivity contribution in [3.05, 3.63) is 95.6 Å². The standard InChI is InChI=1S/C34H44NO12P/c1-23(37)35-30-31(38)32(43-19-21-46-48(4,39)40)29(22-36)47-33(30)44-18-20-45-34(24-8-6-5-7-9-24,25-10-14-27(41-2)15-11-25)26-12-16-28(42-3)17-13-26/h5-17,29-33,36,38H,18-22H2,1-4H3,(H,35,37)(H,39,40). The summed E-state index contributed by atoms with van der Waals surface area (Å²) in [6.45, 7) is 1.38. The van der Waals surface area contributed by atoms with Gasteiger partial charge in [0.15, 0.2) is 6.29 Å². The van der Waals surface area contributed by atoms with Crippen molar-refractivity contribution >= 4 is 13.5 Å². The van der Waals surface area contributed by atoms with E-state index in [4.69, 9.17) is 32.9 Å². The Morgan fingerprint density at radius 2 is 1.40 bits per heavy atom. The number of ether oxygens (including phenoxy) is 6. The lowest BCUT2D eigenvalue weighted by Crippen LogP contribution is -2.65. The number of carbonyl (C=O) groups excluding carboxylic acids is 1. The molecule has 0 aromatic heterocycles. The van der Waals surface area contributed by atoms with Gasteiger partial charge in [-0.05, 0) is 41.0 Å². The molecule has 1 heterocycles. The largest absolute Gasteiger partial charge is 0.497 e. The van der Waals surface area contributed by atoms with Crippen LogP contribution in [0.5, 0.6) is 11.5 Å². The summed E-state index contributed by atoms with van der Waals surface area (Å²) in [7, 11) is -0.535. The van der Waals surface area contributed by atoms with Crippen molar-refractivity contribution in [3.63, 3.8) is 0 Å². The number of aliphatic hydroxyl groups excluding tert-OH is 2. The van der Waals surface area contributed by atoms with Gasteiger partial charge in [0.1, 0.15) is 41.5 Å².